The molecule has 1 aliphatic heterocycles. The molecule has 0 spiro atoms. The zero-order chi connectivity index (χ0) is 14.0. The number of rotatable bonds is 3. The Hall–Kier alpha value is -1.71. The van der Waals surface area contributed by atoms with E-state index in [1.54, 1.807) is 12.1 Å². The van der Waals surface area contributed by atoms with Gasteiger partial charge in [0.25, 0.3) is 5.91 Å². The lowest BCUT2D eigenvalue weighted by molar-refractivity contribution is 0.0741. The first kappa shape index (κ1) is 13.7. The van der Waals surface area contributed by atoms with Gasteiger partial charge in [0.05, 0.1) is 6.61 Å². The smallest absolute Gasteiger partial charge is 0.259 e. The van der Waals surface area contributed by atoms with Crippen molar-refractivity contribution in [3.05, 3.63) is 23.8 Å². The van der Waals surface area contributed by atoms with Crippen LogP contribution in [0.1, 0.15) is 37.6 Å². The summed E-state index contributed by atoms with van der Waals surface area (Å²) in [5.41, 5.74) is 6.97. The molecule has 0 radical (unpaired) electrons. The largest absolute Gasteiger partial charge is 0.493 e. The standard InChI is InChI=1S/C15H22N2O2/c1-4-19-13-7-5-6-12(16)14(13)15(18)17-9-10(2)8-11(17)3/h5-7,10-11H,4,8-9,16H2,1-3H3. The van der Waals surface area contributed by atoms with Crippen molar-refractivity contribution < 1.29 is 9.53 Å². The molecule has 1 fully saturated rings. The number of nitrogen functional groups attached to an aromatic ring is 1. The number of likely N-dealkylation sites (tertiary alicyclic amines) is 1. The van der Waals surface area contributed by atoms with Gasteiger partial charge in [-0.05, 0) is 38.3 Å². The number of amides is 1. The van der Waals surface area contributed by atoms with Crippen LogP contribution in [0.2, 0.25) is 0 Å². The van der Waals surface area contributed by atoms with Crippen molar-refractivity contribution in [1.29, 1.82) is 0 Å². The number of nitrogens with zero attached hydrogens (tertiary/aromatic N) is 1. The molecule has 4 heteroatoms. The molecule has 19 heavy (non-hydrogen) atoms. The molecule has 0 aromatic heterocycles. The van der Waals surface area contributed by atoms with Crippen LogP contribution in [-0.2, 0) is 0 Å². The number of benzene rings is 1. The lowest BCUT2D eigenvalue weighted by atomic mass is 10.1. The van der Waals surface area contributed by atoms with Crippen LogP contribution in [-0.4, -0.2) is 30.0 Å². The van der Waals surface area contributed by atoms with Gasteiger partial charge in [0.15, 0.2) is 0 Å². The van der Waals surface area contributed by atoms with Crippen molar-refractivity contribution in [2.24, 2.45) is 5.92 Å². The fourth-order valence-electron chi connectivity index (χ4n) is 2.78. The summed E-state index contributed by atoms with van der Waals surface area (Å²) in [6, 6.07) is 5.63. The van der Waals surface area contributed by atoms with Crippen molar-refractivity contribution in [2.75, 3.05) is 18.9 Å². The number of hydrogen-bond donors (Lipinski definition) is 1. The van der Waals surface area contributed by atoms with Gasteiger partial charge in [-0.25, -0.2) is 0 Å². The van der Waals surface area contributed by atoms with Crippen LogP contribution in [0.3, 0.4) is 0 Å². The van der Waals surface area contributed by atoms with E-state index in [2.05, 4.69) is 13.8 Å². The molecule has 4 nitrogen and oxygen atoms in total. The summed E-state index contributed by atoms with van der Waals surface area (Å²) in [6.45, 7) is 7.47. The third-order valence-electron chi connectivity index (χ3n) is 3.62. The molecule has 1 aromatic carbocycles. The van der Waals surface area contributed by atoms with Crippen LogP contribution in [0.25, 0.3) is 0 Å². The third-order valence-corrected chi connectivity index (χ3v) is 3.62. The van der Waals surface area contributed by atoms with Crippen molar-refractivity contribution in [2.45, 2.75) is 33.2 Å². The fraction of sp³-hybridized carbons (Fsp3) is 0.533. The molecule has 0 bridgehead atoms. The van der Waals surface area contributed by atoms with Gasteiger partial charge in [-0.3, -0.25) is 4.79 Å². The molecular formula is C15H22N2O2. The van der Waals surface area contributed by atoms with Crippen LogP contribution in [0.5, 0.6) is 5.75 Å². The van der Waals surface area contributed by atoms with Crippen molar-refractivity contribution >= 4 is 11.6 Å². The topological polar surface area (TPSA) is 55.6 Å². The lowest BCUT2D eigenvalue weighted by Gasteiger charge is -2.23. The van der Waals surface area contributed by atoms with E-state index in [0.717, 1.165) is 13.0 Å². The maximum atomic E-state index is 12.7. The number of nitrogens with two attached hydrogens (primary N) is 1. The summed E-state index contributed by atoms with van der Waals surface area (Å²) >= 11 is 0. The summed E-state index contributed by atoms with van der Waals surface area (Å²) in [4.78, 5) is 14.6. The minimum absolute atomic E-state index is 0.0154. The summed E-state index contributed by atoms with van der Waals surface area (Å²) in [6.07, 6.45) is 1.04. The van der Waals surface area contributed by atoms with E-state index < -0.39 is 0 Å². The quantitative estimate of drug-likeness (QED) is 0.852. The monoisotopic (exact) mass is 262 g/mol. The average molecular weight is 262 g/mol. The predicted octanol–water partition coefficient (Wildman–Crippen LogP) is 2.54. The molecule has 1 aliphatic rings. The third kappa shape index (κ3) is 2.67. The molecule has 0 saturated carbocycles. The Balaban J connectivity index is 2.33. The zero-order valence-electron chi connectivity index (χ0n) is 11.8. The summed E-state index contributed by atoms with van der Waals surface area (Å²) < 4.78 is 5.53. The first-order valence-electron chi connectivity index (χ1n) is 6.86. The van der Waals surface area contributed by atoms with Gasteiger partial charge in [-0.1, -0.05) is 13.0 Å². The molecular weight excluding hydrogens is 240 g/mol. The summed E-state index contributed by atoms with van der Waals surface area (Å²) in [7, 11) is 0. The highest BCUT2D eigenvalue weighted by Crippen LogP contribution is 2.30. The summed E-state index contributed by atoms with van der Waals surface area (Å²) in [5, 5.41) is 0. The Morgan fingerprint density at radius 3 is 2.79 bits per heavy atom. The van der Waals surface area contributed by atoms with Crippen LogP contribution >= 0.6 is 0 Å². The average Bonchev–Trinajstić information content (AvgIpc) is 2.68. The first-order valence-corrected chi connectivity index (χ1v) is 6.86. The van der Waals surface area contributed by atoms with Crippen molar-refractivity contribution in [3.63, 3.8) is 0 Å². The number of carbonyl (C=O) groups is 1. The Morgan fingerprint density at radius 2 is 2.21 bits per heavy atom. The molecule has 2 rings (SSSR count). The van der Waals surface area contributed by atoms with Crippen molar-refractivity contribution in [1.82, 2.24) is 4.90 Å². The van der Waals surface area contributed by atoms with Gasteiger partial charge in [-0.2, -0.15) is 0 Å². The Bertz CT molecular complexity index is 473. The number of anilines is 1. The number of carbonyl (C=O) groups excluding carboxylic acids is 1. The second-order valence-electron chi connectivity index (χ2n) is 5.30. The number of hydrogen-bond acceptors (Lipinski definition) is 3. The van der Waals surface area contributed by atoms with Gasteiger partial charge in [-0.15, -0.1) is 0 Å². The van der Waals surface area contributed by atoms with Crippen LogP contribution in [0.15, 0.2) is 18.2 Å². The fourth-order valence-corrected chi connectivity index (χ4v) is 2.78. The van der Waals surface area contributed by atoms with E-state index in [9.17, 15) is 4.79 Å². The van der Waals surface area contributed by atoms with Crippen LogP contribution < -0.4 is 10.5 Å². The van der Waals surface area contributed by atoms with E-state index in [1.165, 1.54) is 0 Å². The van der Waals surface area contributed by atoms with Crippen LogP contribution in [0, 0.1) is 5.92 Å². The van der Waals surface area contributed by atoms with Crippen molar-refractivity contribution in [3.8, 4) is 5.75 Å². The Morgan fingerprint density at radius 1 is 1.47 bits per heavy atom. The molecule has 2 unspecified atom stereocenters. The van der Waals surface area contributed by atoms with Gasteiger partial charge in [0.1, 0.15) is 11.3 Å². The zero-order valence-corrected chi connectivity index (χ0v) is 11.8. The number of ether oxygens (including phenoxy) is 1. The predicted molar refractivity (Wildman–Crippen MR) is 76.3 cm³/mol. The summed E-state index contributed by atoms with van der Waals surface area (Å²) in [5.74, 6) is 1.11. The molecule has 1 saturated heterocycles. The second kappa shape index (κ2) is 5.51. The van der Waals surface area contributed by atoms with Gasteiger partial charge in [0.2, 0.25) is 0 Å². The first-order chi connectivity index (χ1) is 9.04. The van der Waals surface area contributed by atoms with E-state index in [1.807, 2.05) is 17.9 Å². The minimum atomic E-state index is -0.0154. The van der Waals surface area contributed by atoms with E-state index >= 15 is 0 Å². The molecule has 2 atom stereocenters. The van der Waals surface area contributed by atoms with E-state index in [0.29, 0.717) is 29.5 Å². The second-order valence-corrected chi connectivity index (χ2v) is 5.30. The molecule has 1 amide bonds. The van der Waals surface area contributed by atoms with Crippen LogP contribution in [0.4, 0.5) is 5.69 Å². The molecule has 104 valence electrons. The molecule has 1 aromatic rings. The minimum Gasteiger partial charge on any atom is -0.493 e. The lowest BCUT2D eigenvalue weighted by Crippen LogP contribution is -2.34. The highest BCUT2D eigenvalue weighted by atomic mass is 16.5. The van der Waals surface area contributed by atoms with E-state index in [4.69, 9.17) is 10.5 Å². The van der Waals surface area contributed by atoms with Gasteiger partial charge in [0, 0.05) is 18.3 Å². The van der Waals surface area contributed by atoms with E-state index in [-0.39, 0.29) is 11.9 Å². The normalized spacial score (nSPS) is 22.6. The maximum Gasteiger partial charge on any atom is 0.259 e. The highest BCUT2D eigenvalue weighted by Gasteiger charge is 2.32. The molecule has 1 heterocycles. The molecule has 2 N–H and O–H groups in total. The SMILES string of the molecule is CCOc1cccc(N)c1C(=O)N1CC(C)CC1C. The van der Waals surface area contributed by atoms with Gasteiger partial charge >= 0.3 is 0 Å². The molecule has 0 aliphatic carbocycles. The Kier molecular flexibility index (Phi) is 3.98. The highest BCUT2D eigenvalue weighted by molar-refractivity contribution is 6.02. The maximum absolute atomic E-state index is 12.7. The van der Waals surface area contributed by atoms with Gasteiger partial charge < -0.3 is 15.4 Å². The Labute approximate surface area is 114 Å².